The minimum atomic E-state index is -3.51. The predicted molar refractivity (Wildman–Crippen MR) is 87.9 cm³/mol. The zero-order valence-corrected chi connectivity index (χ0v) is 14.9. The Bertz CT molecular complexity index is 726. The molecule has 7 heteroatoms. The van der Waals surface area contributed by atoms with Crippen molar-refractivity contribution in [1.29, 1.82) is 0 Å². The highest BCUT2D eigenvalue weighted by Gasteiger charge is 2.19. The van der Waals surface area contributed by atoms with Crippen LogP contribution in [-0.2, 0) is 27.9 Å². The number of methoxy groups -OCH3 is 1. The van der Waals surface area contributed by atoms with Crippen molar-refractivity contribution >= 4 is 37.3 Å². The van der Waals surface area contributed by atoms with Gasteiger partial charge in [0.25, 0.3) is 0 Å². The first-order chi connectivity index (χ1) is 9.94. The Hall–Kier alpha value is -0.730. The van der Waals surface area contributed by atoms with E-state index in [1.54, 1.807) is 20.1 Å². The molecule has 1 heterocycles. The summed E-state index contributed by atoms with van der Waals surface area (Å²) in [5, 5.41) is 0. The zero-order chi connectivity index (χ0) is 15.5. The lowest BCUT2D eigenvalue weighted by atomic mass is 10.1. The van der Waals surface area contributed by atoms with Crippen molar-refractivity contribution in [3.63, 3.8) is 0 Å². The summed E-state index contributed by atoms with van der Waals surface area (Å²) in [6, 6.07) is 9.25. The SMILES string of the molecule is COCc1ccccc1CNS(=O)(=O)c1cc(Br)sc1C. The molecule has 4 nitrogen and oxygen atoms in total. The summed E-state index contributed by atoms with van der Waals surface area (Å²) in [6.45, 7) is 2.50. The fourth-order valence-electron chi connectivity index (χ4n) is 1.97. The molecule has 114 valence electrons. The second kappa shape index (κ2) is 7.02. The lowest BCUT2D eigenvalue weighted by Gasteiger charge is -2.10. The van der Waals surface area contributed by atoms with Crippen molar-refractivity contribution in [3.8, 4) is 0 Å². The van der Waals surface area contributed by atoms with Crippen LogP contribution in [0, 0.1) is 6.92 Å². The average Bonchev–Trinajstić information content (AvgIpc) is 2.78. The Balaban J connectivity index is 2.18. The molecule has 0 atom stereocenters. The van der Waals surface area contributed by atoms with E-state index < -0.39 is 10.0 Å². The molecule has 0 aliphatic rings. The van der Waals surface area contributed by atoms with E-state index in [0.29, 0.717) is 11.5 Å². The Labute approximate surface area is 137 Å². The monoisotopic (exact) mass is 389 g/mol. The van der Waals surface area contributed by atoms with Gasteiger partial charge in [-0.15, -0.1) is 11.3 Å². The third-order valence-corrected chi connectivity index (χ3v) is 6.21. The van der Waals surface area contributed by atoms with E-state index in [4.69, 9.17) is 4.74 Å². The smallest absolute Gasteiger partial charge is 0.242 e. The van der Waals surface area contributed by atoms with Gasteiger partial charge in [0.15, 0.2) is 0 Å². The van der Waals surface area contributed by atoms with E-state index in [9.17, 15) is 8.42 Å². The van der Waals surface area contributed by atoms with Crippen molar-refractivity contribution in [1.82, 2.24) is 4.72 Å². The van der Waals surface area contributed by atoms with Crippen LogP contribution in [0.2, 0.25) is 0 Å². The highest BCUT2D eigenvalue weighted by molar-refractivity contribution is 9.11. The van der Waals surface area contributed by atoms with Gasteiger partial charge in [0.2, 0.25) is 10.0 Å². The molecule has 1 aromatic carbocycles. The fourth-order valence-corrected chi connectivity index (χ4v) is 5.39. The van der Waals surface area contributed by atoms with Crippen LogP contribution in [0.25, 0.3) is 0 Å². The van der Waals surface area contributed by atoms with Crippen molar-refractivity contribution < 1.29 is 13.2 Å². The van der Waals surface area contributed by atoms with Gasteiger partial charge in [-0.25, -0.2) is 13.1 Å². The average molecular weight is 390 g/mol. The molecule has 0 amide bonds. The Morgan fingerprint density at radius 1 is 1.29 bits per heavy atom. The van der Waals surface area contributed by atoms with Gasteiger partial charge < -0.3 is 4.74 Å². The summed E-state index contributed by atoms with van der Waals surface area (Å²) in [4.78, 5) is 1.09. The van der Waals surface area contributed by atoms with Gasteiger partial charge in [0.1, 0.15) is 0 Å². The Morgan fingerprint density at radius 2 is 1.95 bits per heavy atom. The van der Waals surface area contributed by atoms with E-state index in [-0.39, 0.29) is 6.54 Å². The lowest BCUT2D eigenvalue weighted by Crippen LogP contribution is -2.24. The summed E-state index contributed by atoms with van der Waals surface area (Å²) < 4.78 is 33.3. The van der Waals surface area contributed by atoms with Gasteiger partial charge in [-0.2, -0.15) is 0 Å². The van der Waals surface area contributed by atoms with Crippen molar-refractivity contribution in [3.05, 3.63) is 50.1 Å². The number of hydrogen-bond acceptors (Lipinski definition) is 4. The number of thiophene rings is 1. The summed E-state index contributed by atoms with van der Waals surface area (Å²) >= 11 is 4.72. The third-order valence-electron chi connectivity index (χ3n) is 3.00. The van der Waals surface area contributed by atoms with Gasteiger partial charge in [0, 0.05) is 18.5 Å². The molecule has 0 aliphatic heterocycles. The summed E-state index contributed by atoms with van der Waals surface area (Å²) in [6.07, 6.45) is 0. The highest BCUT2D eigenvalue weighted by Crippen LogP contribution is 2.29. The van der Waals surface area contributed by atoms with Crippen LogP contribution in [-0.4, -0.2) is 15.5 Å². The molecule has 0 radical (unpaired) electrons. The molecular formula is C14H16BrNO3S2. The normalized spacial score (nSPS) is 11.8. The first-order valence-corrected chi connectivity index (χ1v) is 9.34. The second-order valence-electron chi connectivity index (χ2n) is 4.50. The third kappa shape index (κ3) is 4.14. The molecule has 0 saturated carbocycles. The quantitative estimate of drug-likeness (QED) is 0.822. The largest absolute Gasteiger partial charge is 0.380 e. The molecule has 2 rings (SSSR count). The zero-order valence-electron chi connectivity index (χ0n) is 11.7. The van der Waals surface area contributed by atoms with Crippen LogP contribution in [0.5, 0.6) is 0 Å². The van der Waals surface area contributed by atoms with E-state index in [0.717, 1.165) is 19.8 Å². The van der Waals surface area contributed by atoms with E-state index in [1.165, 1.54) is 11.3 Å². The van der Waals surface area contributed by atoms with Crippen LogP contribution in [0.1, 0.15) is 16.0 Å². The van der Waals surface area contributed by atoms with Gasteiger partial charge in [-0.05, 0) is 40.0 Å². The first-order valence-electron chi connectivity index (χ1n) is 6.25. The molecule has 0 unspecified atom stereocenters. The molecule has 2 aromatic rings. The van der Waals surface area contributed by atoms with Crippen molar-refractivity contribution in [2.75, 3.05) is 7.11 Å². The maximum atomic E-state index is 12.4. The minimum Gasteiger partial charge on any atom is -0.380 e. The Kier molecular flexibility index (Phi) is 5.56. The molecule has 0 saturated heterocycles. The van der Waals surface area contributed by atoms with Gasteiger partial charge in [-0.1, -0.05) is 24.3 Å². The van der Waals surface area contributed by atoms with Crippen LogP contribution >= 0.6 is 27.3 Å². The molecule has 1 aromatic heterocycles. The number of aryl methyl sites for hydroxylation is 1. The predicted octanol–water partition coefficient (Wildman–Crippen LogP) is 3.44. The van der Waals surface area contributed by atoms with Crippen LogP contribution in [0.4, 0.5) is 0 Å². The van der Waals surface area contributed by atoms with E-state index in [1.807, 2.05) is 24.3 Å². The number of halogens is 1. The molecular weight excluding hydrogens is 374 g/mol. The molecule has 1 N–H and O–H groups in total. The molecule has 0 bridgehead atoms. The molecule has 0 spiro atoms. The summed E-state index contributed by atoms with van der Waals surface area (Å²) in [5.41, 5.74) is 1.89. The van der Waals surface area contributed by atoms with Gasteiger partial charge in [0.05, 0.1) is 15.3 Å². The molecule has 0 aliphatic carbocycles. The lowest BCUT2D eigenvalue weighted by molar-refractivity contribution is 0.184. The van der Waals surface area contributed by atoms with Gasteiger partial charge >= 0.3 is 0 Å². The molecule has 0 fully saturated rings. The second-order valence-corrected chi connectivity index (χ2v) is 8.87. The van der Waals surface area contributed by atoms with Crippen molar-refractivity contribution in [2.45, 2.75) is 25.0 Å². The summed E-state index contributed by atoms with van der Waals surface area (Å²) in [7, 11) is -1.89. The minimum absolute atomic E-state index is 0.245. The number of ether oxygens (including phenoxy) is 1. The summed E-state index contributed by atoms with van der Waals surface area (Å²) in [5.74, 6) is 0. The Morgan fingerprint density at radius 3 is 2.52 bits per heavy atom. The van der Waals surface area contributed by atoms with Crippen LogP contribution < -0.4 is 4.72 Å². The van der Waals surface area contributed by atoms with Crippen LogP contribution in [0.3, 0.4) is 0 Å². The first kappa shape index (κ1) is 16.6. The van der Waals surface area contributed by atoms with Gasteiger partial charge in [-0.3, -0.25) is 0 Å². The maximum absolute atomic E-state index is 12.4. The number of hydrogen-bond donors (Lipinski definition) is 1. The number of nitrogens with one attached hydrogen (secondary N) is 1. The van der Waals surface area contributed by atoms with E-state index >= 15 is 0 Å². The number of rotatable bonds is 6. The topological polar surface area (TPSA) is 55.4 Å². The maximum Gasteiger partial charge on any atom is 0.242 e. The fraction of sp³-hybridized carbons (Fsp3) is 0.286. The standard InChI is InChI=1S/C14H16BrNO3S2/c1-10-13(7-14(15)20-10)21(17,18)16-8-11-5-3-4-6-12(11)9-19-2/h3-7,16H,8-9H2,1-2H3. The highest BCUT2D eigenvalue weighted by atomic mass is 79.9. The van der Waals surface area contributed by atoms with Crippen LogP contribution in [0.15, 0.2) is 39.0 Å². The van der Waals surface area contributed by atoms with Crippen molar-refractivity contribution in [2.24, 2.45) is 0 Å². The molecule has 21 heavy (non-hydrogen) atoms. The number of benzene rings is 1. The van der Waals surface area contributed by atoms with E-state index in [2.05, 4.69) is 20.7 Å². The number of sulfonamides is 1.